The Morgan fingerprint density at radius 1 is 0.966 bits per heavy atom. The minimum absolute atomic E-state index is 0.0492. The molecule has 3 rings (SSSR count). The molecule has 29 heavy (non-hydrogen) atoms. The van der Waals surface area contributed by atoms with Crippen molar-refractivity contribution in [2.24, 2.45) is 4.99 Å². The lowest BCUT2D eigenvalue weighted by molar-refractivity contribution is 0.0953. The van der Waals surface area contributed by atoms with Crippen molar-refractivity contribution in [1.82, 2.24) is 15.5 Å². The average molecular weight is 397 g/mol. The molecule has 6 nitrogen and oxygen atoms in total. The van der Waals surface area contributed by atoms with Gasteiger partial charge in [-0.1, -0.05) is 18.2 Å². The first-order chi connectivity index (χ1) is 14.2. The quantitative estimate of drug-likeness (QED) is 0.446. The molecule has 2 aromatic carbocycles. The lowest BCUT2D eigenvalue weighted by atomic mass is 10.2. The van der Waals surface area contributed by atoms with Crippen LogP contribution in [0, 0.1) is 5.82 Å². The molecule has 1 heterocycles. The third kappa shape index (κ3) is 5.94. The van der Waals surface area contributed by atoms with Crippen LogP contribution in [0.25, 0.3) is 0 Å². The summed E-state index contributed by atoms with van der Waals surface area (Å²) in [4.78, 5) is 20.9. The first-order valence-electron chi connectivity index (χ1n) is 9.97. The number of halogens is 1. The van der Waals surface area contributed by atoms with Gasteiger partial charge < -0.3 is 20.4 Å². The van der Waals surface area contributed by atoms with E-state index in [4.69, 9.17) is 0 Å². The molecule has 0 atom stereocenters. The summed E-state index contributed by atoms with van der Waals surface area (Å²) in [6.45, 7) is 4.76. The molecular formula is C22H28FN5O. The van der Waals surface area contributed by atoms with Crippen LogP contribution in [0.2, 0.25) is 0 Å². The number of aliphatic imine (C=N–C) groups is 1. The number of guanidine groups is 1. The fourth-order valence-corrected chi connectivity index (χ4v) is 3.34. The van der Waals surface area contributed by atoms with Crippen LogP contribution in [0.5, 0.6) is 0 Å². The van der Waals surface area contributed by atoms with E-state index in [0.29, 0.717) is 12.1 Å². The smallest absolute Gasteiger partial charge is 0.251 e. The van der Waals surface area contributed by atoms with Gasteiger partial charge in [0.2, 0.25) is 0 Å². The zero-order valence-corrected chi connectivity index (χ0v) is 16.8. The average Bonchev–Trinajstić information content (AvgIpc) is 2.77. The molecule has 1 aliphatic rings. The number of hydrogen-bond donors (Lipinski definition) is 2. The lowest BCUT2D eigenvalue weighted by Crippen LogP contribution is -2.52. The molecule has 154 valence electrons. The molecule has 0 bridgehead atoms. The van der Waals surface area contributed by atoms with Crippen LogP contribution in [-0.2, 0) is 0 Å². The van der Waals surface area contributed by atoms with Gasteiger partial charge in [-0.3, -0.25) is 9.79 Å². The number of carbonyl (C=O) groups is 1. The number of piperazine rings is 1. The van der Waals surface area contributed by atoms with Crippen LogP contribution in [0.4, 0.5) is 10.1 Å². The maximum absolute atomic E-state index is 13.1. The van der Waals surface area contributed by atoms with E-state index in [9.17, 15) is 9.18 Å². The maximum atomic E-state index is 13.1. The summed E-state index contributed by atoms with van der Waals surface area (Å²) in [7, 11) is 1.78. The zero-order valence-electron chi connectivity index (χ0n) is 16.8. The van der Waals surface area contributed by atoms with Gasteiger partial charge in [0.05, 0.1) is 0 Å². The molecule has 2 aromatic rings. The second-order valence-corrected chi connectivity index (χ2v) is 6.90. The second-order valence-electron chi connectivity index (χ2n) is 6.90. The summed E-state index contributed by atoms with van der Waals surface area (Å²) in [6, 6.07) is 15.9. The number of nitrogens with zero attached hydrogens (tertiary/aromatic N) is 3. The van der Waals surface area contributed by atoms with Crippen LogP contribution >= 0.6 is 0 Å². The van der Waals surface area contributed by atoms with E-state index in [2.05, 4.69) is 25.4 Å². The molecular weight excluding hydrogens is 369 g/mol. The van der Waals surface area contributed by atoms with Crippen LogP contribution in [0.1, 0.15) is 16.8 Å². The van der Waals surface area contributed by atoms with E-state index in [-0.39, 0.29) is 11.7 Å². The minimum Gasteiger partial charge on any atom is -0.368 e. The molecule has 0 radical (unpaired) electrons. The Balaban J connectivity index is 1.36. The molecule has 0 unspecified atom stereocenters. The highest BCUT2D eigenvalue weighted by Crippen LogP contribution is 2.16. The Morgan fingerprint density at radius 3 is 2.28 bits per heavy atom. The summed E-state index contributed by atoms with van der Waals surface area (Å²) in [5.41, 5.74) is 1.72. The van der Waals surface area contributed by atoms with E-state index in [0.717, 1.165) is 50.8 Å². The number of amides is 1. The van der Waals surface area contributed by atoms with E-state index < -0.39 is 0 Å². The Morgan fingerprint density at radius 2 is 1.62 bits per heavy atom. The fourth-order valence-electron chi connectivity index (χ4n) is 3.34. The minimum atomic E-state index is -0.211. The van der Waals surface area contributed by atoms with Gasteiger partial charge in [-0.25, -0.2) is 4.39 Å². The van der Waals surface area contributed by atoms with Crippen molar-refractivity contribution in [2.75, 3.05) is 51.2 Å². The van der Waals surface area contributed by atoms with Crippen LogP contribution in [-0.4, -0.2) is 63.1 Å². The topological polar surface area (TPSA) is 60.0 Å². The van der Waals surface area contributed by atoms with Crippen molar-refractivity contribution in [1.29, 1.82) is 0 Å². The highest BCUT2D eigenvalue weighted by molar-refractivity contribution is 5.94. The van der Waals surface area contributed by atoms with Gasteiger partial charge in [0, 0.05) is 57.6 Å². The molecule has 1 amide bonds. The number of carbonyl (C=O) groups excluding carboxylic acids is 1. The highest BCUT2D eigenvalue weighted by atomic mass is 19.1. The lowest BCUT2D eigenvalue weighted by Gasteiger charge is -2.37. The van der Waals surface area contributed by atoms with Crippen molar-refractivity contribution < 1.29 is 9.18 Å². The first-order valence-corrected chi connectivity index (χ1v) is 9.97. The van der Waals surface area contributed by atoms with Crippen molar-refractivity contribution in [3.8, 4) is 0 Å². The van der Waals surface area contributed by atoms with Crippen LogP contribution < -0.4 is 15.5 Å². The molecule has 1 saturated heterocycles. The van der Waals surface area contributed by atoms with Crippen molar-refractivity contribution in [3.63, 3.8) is 0 Å². The van der Waals surface area contributed by atoms with Gasteiger partial charge in [0.25, 0.3) is 5.91 Å². The first kappa shape index (κ1) is 20.6. The van der Waals surface area contributed by atoms with E-state index in [1.54, 1.807) is 19.2 Å². The molecule has 0 aliphatic carbocycles. The van der Waals surface area contributed by atoms with Gasteiger partial charge in [-0.2, -0.15) is 0 Å². The predicted octanol–water partition coefficient (Wildman–Crippen LogP) is 2.34. The van der Waals surface area contributed by atoms with Crippen LogP contribution in [0.3, 0.4) is 0 Å². The van der Waals surface area contributed by atoms with Crippen molar-refractivity contribution in [3.05, 3.63) is 66.0 Å². The molecule has 1 aliphatic heterocycles. The Hall–Kier alpha value is -3.09. The summed E-state index contributed by atoms with van der Waals surface area (Å²) in [5, 5.41) is 6.30. The van der Waals surface area contributed by atoms with E-state index >= 15 is 0 Å². The Kier molecular flexibility index (Phi) is 7.44. The Bertz CT molecular complexity index is 802. The number of hydrogen-bond acceptors (Lipinski definition) is 3. The molecule has 2 N–H and O–H groups in total. The molecule has 7 heteroatoms. The van der Waals surface area contributed by atoms with Crippen molar-refractivity contribution >= 4 is 17.6 Å². The monoisotopic (exact) mass is 397 g/mol. The number of rotatable bonds is 6. The van der Waals surface area contributed by atoms with Gasteiger partial charge >= 0.3 is 0 Å². The molecule has 0 saturated carbocycles. The Labute approximate surface area is 171 Å². The SMILES string of the molecule is CN=C(NCCCNC(=O)c1ccccc1)N1CCN(c2ccc(F)cc2)CC1. The molecule has 1 fully saturated rings. The molecule has 0 aromatic heterocycles. The van der Waals surface area contributed by atoms with E-state index in [1.807, 2.05) is 30.3 Å². The fraction of sp³-hybridized carbons (Fsp3) is 0.364. The number of benzene rings is 2. The second kappa shape index (κ2) is 10.5. The highest BCUT2D eigenvalue weighted by Gasteiger charge is 2.19. The largest absolute Gasteiger partial charge is 0.368 e. The normalized spacial score (nSPS) is 14.6. The molecule has 0 spiro atoms. The summed E-state index contributed by atoms with van der Waals surface area (Å²) >= 11 is 0. The van der Waals surface area contributed by atoms with Gasteiger partial charge in [0.15, 0.2) is 5.96 Å². The predicted molar refractivity (Wildman–Crippen MR) is 115 cm³/mol. The third-order valence-electron chi connectivity index (χ3n) is 4.94. The summed E-state index contributed by atoms with van der Waals surface area (Å²) in [6.07, 6.45) is 0.813. The zero-order chi connectivity index (χ0) is 20.5. The summed E-state index contributed by atoms with van der Waals surface area (Å²) < 4.78 is 13.1. The summed E-state index contributed by atoms with van der Waals surface area (Å²) in [5.74, 6) is 0.613. The number of nitrogens with one attached hydrogen (secondary N) is 2. The van der Waals surface area contributed by atoms with E-state index in [1.165, 1.54) is 12.1 Å². The van der Waals surface area contributed by atoms with Gasteiger partial charge in [-0.05, 0) is 42.8 Å². The maximum Gasteiger partial charge on any atom is 0.251 e. The van der Waals surface area contributed by atoms with Gasteiger partial charge in [-0.15, -0.1) is 0 Å². The van der Waals surface area contributed by atoms with Crippen LogP contribution in [0.15, 0.2) is 59.6 Å². The number of anilines is 1. The van der Waals surface area contributed by atoms with Gasteiger partial charge in [0.1, 0.15) is 5.82 Å². The standard InChI is InChI=1S/C22H28FN5O/c1-24-22(26-13-5-12-25-21(29)18-6-3-2-4-7-18)28-16-14-27(15-17-28)20-10-8-19(23)9-11-20/h2-4,6-11H,5,12-17H2,1H3,(H,24,26)(H,25,29). The third-order valence-corrected chi connectivity index (χ3v) is 4.94. The van der Waals surface area contributed by atoms with Crippen molar-refractivity contribution in [2.45, 2.75) is 6.42 Å².